The Morgan fingerprint density at radius 3 is 2.73 bits per heavy atom. The molecule has 0 bridgehead atoms. The lowest BCUT2D eigenvalue weighted by molar-refractivity contribution is 0.550. The van der Waals surface area contributed by atoms with E-state index >= 15 is 0 Å². The van der Waals surface area contributed by atoms with Crippen LogP contribution in [-0.2, 0) is 5.88 Å². The van der Waals surface area contributed by atoms with Crippen LogP contribution in [0.4, 0.5) is 0 Å². The van der Waals surface area contributed by atoms with Gasteiger partial charge in [-0.1, -0.05) is 11.6 Å². The molecular formula is C12H10Cl2O. The maximum absolute atomic E-state index is 6.01. The van der Waals surface area contributed by atoms with E-state index in [-0.39, 0.29) is 0 Å². The average molecular weight is 241 g/mol. The van der Waals surface area contributed by atoms with Gasteiger partial charge in [-0.2, -0.15) is 0 Å². The largest absolute Gasteiger partial charge is 0.460 e. The van der Waals surface area contributed by atoms with Gasteiger partial charge in [0.2, 0.25) is 0 Å². The van der Waals surface area contributed by atoms with Crippen molar-refractivity contribution in [1.82, 2.24) is 0 Å². The lowest BCUT2D eigenvalue weighted by Crippen LogP contribution is -1.78. The minimum absolute atomic E-state index is 0.439. The Morgan fingerprint density at radius 1 is 1.27 bits per heavy atom. The van der Waals surface area contributed by atoms with Crippen LogP contribution in [0, 0.1) is 0 Å². The summed E-state index contributed by atoms with van der Waals surface area (Å²) in [5.74, 6) is 2.15. The Bertz CT molecular complexity index is 512. The van der Waals surface area contributed by atoms with Gasteiger partial charge in [-0.15, -0.1) is 11.6 Å². The molecule has 1 nitrogen and oxygen atoms in total. The van der Waals surface area contributed by atoms with Gasteiger partial charge in [0.1, 0.15) is 11.3 Å². The average Bonchev–Trinajstić information content (AvgIpc) is 2.98. The van der Waals surface area contributed by atoms with Gasteiger partial charge >= 0.3 is 0 Å². The van der Waals surface area contributed by atoms with E-state index in [0.717, 1.165) is 27.3 Å². The summed E-state index contributed by atoms with van der Waals surface area (Å²) in [6.45, 7) is 0. The fraction of sp³-hybridized carbons (Fsp3) is 0.333. The van der Waals surface area contributed by atoms with Gasteiger partial charge in [-0.05, 0) is 31.0 Å². The fourth-order valence-corrected chi connectivity index (χ4v) is 2.32. The third kappa shape index (κ3) is 1.64. The Labute approximate surface area is 98.0 Å². The number of halogens is 2. The molecule has 0 radical (unpaired) electrons. The summed E-state index contributed by atoms with van der Waals surface area (Å²) in [5, 5.41) is 1.79. The van der Waals surface area contributed by atoms with E-state index in [4.69, 9.17) is 27.6 Å². The van der Waals surface area contributed by atoms with Crippen molar-refractivity contribution in [3.05, 3.63) is 34.5 Å². The third-order valence-electron chi connectivity index (χ3n) is 2.80. The molecule has 0 N–H and O–H groups in total. The molecule has 78 valence electrons. The van der Waals surface area contributed by atoms with E-state index in [9.17, 15) is 0 Å². The highest BCUT2D eigenvalue weighted by atomic mass is 35.5. The summed E-state index contributed by atoms with van der Waals surface area (Å²) < 4.78 is 5.83. The molecule has 3 rings (SSSR count). The molecule has 0 aliphatic heterocycles. The molecule has 0 atom stereocenters. The second kappa shape index (κ2) is 3.43. The molecule has 1 aliphatic rings. The normalized spacial score (nSPS) is 16.1. The van der Waals surface area contributed by atoms with Crippen molar-refractivity contribution >= 4 is 34.2 Å². The summed E-state index contributed by atoms with van der Waals surface area (Å²) in [6.07, 6.45) is 2.48. The van der Waals surface area contributed by atoms with Crippen LogP contribution in [0.1, 0.15) is 30.1 Å². The maximum Gasteiger partial charge on any atom is 0.138 e. The molecule has 0 unspecified atom stereocenters. The van der Waals surface area contributed by atoms with E-state index in [1.807, 2.05) is 12.1 Å². The SMILES string of the molecule is ClCc1cc(Cl)cc2cc(C3CC3)oc12. The van der Waals surface area contributed by atoms with Crippen LogP contribution < -0.4 is 0 Å². The predicted octanol–water partition coefficient (Wildman–Crippen LogP) is 4.70. The molecule has 0 saturated heterocycles. The first-order chi connectivity index (χ1) is 7.28. The molecule has 15 heavy (non-hydrogen) atoms. The summed E-state index contributed by atoms with van der Waals surface area (Å²) in [5.41, 5.74) is 1.88. The monoisotopic (exact) mass is 240 g/mol. The molecule has 3 heteroatoms. The first-order valence-electron chi connectivity index (χ1n) is 5.06. The molecule has 0 amide bonds. The molecule has 1 aromatic heterocycles. The molecule has 1 fully saturated rings. The quantitative estimate of drug-likeness (QED) is 0.694. The van der Waals surface area contributed by atoms with E-state index in [0.29, 0.717) is 11.8 Å². The lowest BCUT2D eigenvalue weighted by Gasteiger charge is -1.97. The first-order valence-corrected chi connectivity index (χ1v) is 5.97. The molecule has 2 aromatic rings. The zero-order valence-corrected chi connectivity index (χ0v) is 9.61. The predicted molar refractivity (Wildman–Crippen MR) is 62.8 cm³/mol. The van der Waals surface area contributed by atoms with Gasteiger partial charge in [-0.25, -0.2) is 0 Å². The van der Waals surface area contributed by atoms with Gasteiger partial charge in [0, 0.05) is 21.9 Å². The fourth-order valence-electron chi connectivity index (χ4n) is 1.87. The Morgan fingerprint density at radius 2 is 2.07 bits per heavy atom. The number of furan rings is 1. The van der Waals surface area contributed by atoms with Gasteiger partial charge in [0.25, 0.3) is 0 Å². The summed E-state index contributed by atoms with van der Waals surface area (Å²) in [7, 11) is 0. The standard InChI is InChI=1S/C12H10Cl2O/c13-6-9-4-10(14)3-8-5-11(7-1-2-7)15-12(8)9/h3-5,7H,1-2,6H2. The maximum atomic E-state index is 6.01. The molecule has 1 aromatic carbocycles. The minimum Gasteiger partial charge on any atom is -0.460 e. The number of rotatable bonds is 2. The summed E-state index contributed by atoms with van der Waals surface area (Å²) in [6, 6.07) is 5.90. The van der Waals surface area contributed by atoms with Crippen molar-refractivity contribution in [1.29, 1.82) is 0 Å². The number of alkyl halides is 1. The highest BCUT2D eigenvalue weighted by molar-refractivity contribution is 6.31. The Hall–Kier alpha value is -0.660. The van der Waals surface area contributed by atoms with Crippen molar-refractivity contribution < 1.29 is 4.42 Å². The Balaban J connectivity index is 2.23. The summed E-state index contributed by atoms with van der Waals surface area (Å²) >= 11 is 11.9. The van der Waals surface area contributed by atoms with Crippen LogP contribution >= 0.6 is 23.2 Å². The second-order valence-corrected chi connectivity index (χ2v) is 4.74. The van der Waals surface area contributed by atoms with Crippen LogP contribution in [-0.4, -0.2) is 0 Å². The molecule has 1 heterocycles. The number of hydrogen-bond donors (Lipinski definition) is 0. The molecule has 1 aliphatic carbocycles. The van der Waals surface area contributed by atoms with Crippen LogP contribution in [0.25, 0.3) is 11.0 Å². The van der Waals surface area contributed by atoms with Crippen molar-refractivity contribution in [2.24, 2.45) is 0 Å². The minimum atomic E-state index is 0.439. The van der Waals surface area contributed by atoms with Gasteiger partial charge in [0.05, 0.1) is 5.88 Å². The molecule has 0 spiro atoms. The molecule has 1 saturated carbocycles. The topological polar surface area (TPSA) is 13.1 Å². The first kappa shape index (κ1) is 9.56. The zero-order valence-electron chi connectivity index (χ0n) is 8.09. The lowest BCUT2D eigenvalue weighted by atomic mass is 10.1. The van der Waals surface area contributed by atoms with E-state index < -0.39 is 0 Å². The zero-order chi connectivity index (χ0) is 10.4. The number of hydrogen-bond acceptors (Lipinski definition) is 1. The third-order valence-corrected chi connectivity index (χ3v) is 3.31. The smallest absolute Gasteiger partial charge is 0.138 e. The van der Waals surface area contributed by atoms with Crippen molar-refractivity contribution in [2.45, 2.75) is 24.6 Å². The van der Waals surface area contributed by atoms with Gasteiger partial charge < -0.3 is 4.42 Å². The van der Waals surface area contributed by atoms with E-state index in [1.165, 1.54) is 12.8 Å². The van der Waals surface area contributed by atoms with Crippen LogP contribution in [0.5, 0.6) is 0 Å². The van der Waals surface area contributed by atoms with Crippen LogP contribution in [0.2, 0.25) is 5.02 Å². The number of fused-ring (bicyclic) bond motifs is 1. The van der Waals surface area contributed by atoms with E-state index in [1.54, 1.807) is 0 Å². The van der Waals surface area contributed by atoms with E-state index in [2.05, 4.69) is 6.07 Å². The van der Waals surface area contributed by atoms with Crippen LogP contribution in [0.15, 0.2) is 22.6 Å². The van der Waals surface area contributed by atoms with Gasteiger partial charge in [-0.3, -0.25) is 0 Å². The van der Waals surface area contributed by atoms with Crippen molar-refractivity contribution in [2.75, 3.05) is 0 Å². The van der Waals surface area contributed by atoms with Crippen LogP contribution in [0.3, 0.4) is 0 Å². The Kier molecular flexibility index (Phi) is 2.18. The summed E-state index contributed by atoms with van der Waals surface area (Å²) in [4.78, 5) is 0. The van der Waals surface area contributed by atoms with Gasteiger partial charge in [0.15, 0.2) is 0 Å². The van der Waals surface area contributed by atoms with Crippen molar-refractivity contribution in [3.63, 3.8) is 0 Å². The number of benzene rings is 1. The van der Waals surface area contributed by atoms with Crippen molar-refractivity contribution in [3.8, 4) is 0 Å². The highest BCUT2D eigenvalue weighted by Gasteiger charge is 2.27. The molecular weight excluding hydrogens is 231 g/mol. The highest BCUT2D eigenvalue weighted by Crippen LogP contribution is 2.43. The second-order valence-electron chi connectivity index (χ2n) is 4.04.